The molecule has 1 amide bonds. The fourth-order valence-corrected chi connectivity index (χ4v) is 2.68. The predicted molar refractivity (Wildman–Crippen MR) is 102 cm³/mol. The molecule has 2 aromatic rings. The maximum Gasteiger partial charge on any atom is 0.256 e. The molecule has 134 valence electrons. The highest BCUT2D eigenvalue weighted by molar-refractivity contribution is 14.1. The Labute approximate surface area is 159 Å². The third-order valence-electron chi connectivity index (χ3n) is 3.25. The number of halogens is 1. The van der Waals surface area contributed by atoms with E-state index in [1.54, 1.807) is 38.5 Å². The van der Waals surface area contributed by atoms with Gasteiger partial charge in [0.05, 0.1) is 38.3 Å². The first-order chi connectivity index (χ1) is 12.1. The van der Waals surface area contributed by atoms with Crippen LogP contribution >= 0.6 is 22.6 Å². The lowest BCUT2D eigenvalue weighted by Crippen LogP contribution is -2.14. The zero-order valence-electron chi connectivity index (χ0n) is 14.2. The Hall–Kier alpha value is -2.07. The van der Waals surface area contributed by atoms with E-state index in [4.69, 9.17) is 18.9 Å². The van der Waals surface area contributed by atoms with E-state index in [1.165, 1.54) is 13.3 Å². The molecule has 1 N–H and O–H groups in total. The van der Waals surface area contributed by atoms with Crippen LogP contribution in [0.15, 0.2) is 30.5 Å². The monoisotopic (exact) mass is 458 g/mol. The molecule has 0 aliphatic heterocycles. The summed E-state index contributed by atoms with van der Waals surface area (Å²) in [6.45, 7) is 0.900. The van der Waals surface area contributed by atoms with E-state index < -0.39 is 0 Å². The van der Waals surface area contributed by atoms with Gasteiger partial charge >= 0.3 is 0 Å². The third-order valence-corrected chi connectivity index (χ3v) is 4.14. The van der Waals surface area contributed by atoms with Crippen LogP contribution in [-0.4, -0.2) is 45.4 Å². The number of ether oxygens (including phenoxy) is 4. The number of methoxy groups -OCH3 is 3. The number of amides is 1. The average molecular weight is 458 g/mol. The quantitative estimate of drug-likeness (QED) is 0.484. The van der Waals surface area contributed by atoms with Gasteiger partial charge in [-0.25, -0.2) is 4.98 Å². The number of hydrogen-bond donors (Lipinski definition) is 1. The summed E-state index contributed by atoms with van der Waals surface area (Å²) in [4.78, 5) is 16.7. The van der Waals surface area contributed by atoms with Crippen molar-refractivity contribution in [2.75, 3.05) is 39.9 Å². The number of anilines is 1. The average Bonchev–Trinajstić information content (AvgIpc) is 2.63. The number of benzene rings is 1. The summed E-state index contributed by atoms with van der Waals surface area (Å²) in [5, 5.41) is 2.80. The zero-order chi connectivity index (χ0) is 18.2. The molecule has 2 rings (SSSR count). The molecule has 8 heteroatoms. The van der Waals surface area contributed by atoms with Gasteiger partial charge in [-0.2, -0.15) is 0 Å². The molecule has 1 aromatic heterocycles. The molecule has 0 spiro atoms. The topological polar surface area (TPSA) is 78.9 Å². The number of pyridine rings is 1. The van der Waals surface area contributed by atoms with Gasteiger partial charge in [-0.3, -0.25) is 4.79 Å². The highest BCUT2D eigenvalue weighted by Gasteiger charge is 2.16. The minimum atomic E-state index is -0.264. The van der Waals surface area contributed by atoms with Crippen molar-refractivity contribution >= 4 is 34.2 Å². The molecular formula is C17H19IN2O5. The van der Waals surface area contributed by atoms with E-state index in [1.807, 2.05) is 0 Å². The second-order valence-electron chi connectivity index (χ2n) is 4.87. The Morgan fingerprint density at radius 3 is 2.44 bits per heavy atom. The number of nitrogens with one attached hydrogen (secondary N) is 1. The number of aromatic nitrogens is 1. The van der Waals surface area contributed by atoms with Gasteiger partial charge in [0.15, 0.2) is 11.5 Å². The van der Waals surface area contributed by atoms with Crippen LogP contribution in [0.3, 0.4) is 0 Å². The van der Waals surface area contributed by atoms with E-state index in [2.05, 4.69) is 32.9 Å². The van der Waals surface area contributed by atoms with Crippen molar-refractivity contribution in [2.45, 2.75) is 0 Å². The van der Waals surface area contributed by atoms with Crippen molar-refractivity contribution < 1.29 is 23.7 Å². The van der Waals surface area contributed by atoms with Crippen molar-refractivity contribution in [2.24, 2.45) is 0 Å². The molecule has 0 bridgehead atoms. The molecule has 0 saturated heterocycles. The molecule has 0 aliphatic rings. The molecule has 7 nitrogen and oxygen atoms in total. The molecule has 0 fully saturated rings. The molecule has 1 heterocycles. The van der Waals surface area contributed by atoms with E-state index in [0.717, 1.165) is 3.57 Å². The fourth-order valence-electron chi connectivity index (χ4n) is 2.00. The van der Waals surface area contributed by atoms with E-state index in [0.29, 0.717) is 41.8 Å². The second kappa shape index (κ2) is 9.42. The Morgan fingerprint density at radius 1 is 1.12 bits per heavy atom. The Bertz CT molecular complexity index is 722. The van der Waals surface area contributed by atoms with Gasteiger partial charge in [0.2, 0.25) is 5.88 Å². The SMILES string of the molecule is COCCOc1ccc(NC(=O)c2cc(OC)c(OC)cc2I)cn1. The van der Waals surface area contributed by atoms with Crippen molar-refractivity contribution in [3.05, 3.63) is 39.6 Å². The van der Waals surface area contributed by atoms with Crippen LogP contribution in [0, 0.1) is 3.57 Å². The minimum absolute atomic E-state index is 0.264. The third kappa shape index (κ3) is 5.20. The molecule has 25 heavy (non-hydrogen) atoms. The van der Waals surface area contributed by atoms with Gasteiger partial charge < -0.3 is 24.3 Å². The van der Waals surface area contributed by atoms with E-state index in [9.17, 15) is 4.79 Å². The van der Waals surface area contributed by atoms with Crippen LogP contribution in [-0.2, 0) is 4.74 Å². The Morgan fingerprint density at radius 2 is 1.84 bits per heavy atom. The molecule has 1 aromatic carbocycles. The van der Waals surface area contributed by atoms with Gasteiger partial charge in [-0.1, -0.05) is 0 Å². The zero-order valence-corrected chi connectivity index (χ0v) is 16.3. The van der Waals surface area contributed by atoms with Crippen LogP contribution in [0.4, 0.5) is 5.69 Å². The molecule has 0 unspecified atom stereocenters. The lowest BCUT2D eigenvalue weighted by Gasteiger charge is -2.12. The summed E-state index contributed by atoms with van der Waals surface area (Å²) in [7, 11) is 4.68. The lowest BCUT2D eigenvalue weighted by atomic mass is 10.2. The molecule has 0 saturated carbocycles. The first-order valence-electron chi connectivity index (χ1n) is 7.39. The number of hydrogen-bond acceptors (Lipinski definition) is 6. The number of carbonyl (C=O) groups excluding carboxylic acids is 1. The van der Waals surface area contributed by atoms with Gasteiger partial charge in [0, 0.05) is 16.7 Å². The van der Waals surface area contributed by atoms with Crippen molar-refractivity contribution in [3.8, 4) is 17.4 Å². The van der Waals surface area contributed by atoms with E-state index in [-0.39, 0.29) is 5.91 Å². The van der Waals surface area contributed by atoms with E-state index >= 15 is 0 Å². The lowest BCUT2D eigenvalue weighted by molar-refractivity contribution is 0.102. The molecular weight excluding hydrogens is 439 g/mol. The van der Waals surface area contributed by atoms with Crippen molar-refractivity contribution in [3.63, 3.8) is 0 Å². The maximum absolute atomic E-state index is 12.5. The second-order valence-corrected chi connectivity index (χ2v) is 6.03. The maximum atomic E-state index is 12.5. The molecule has 0 radical (unpaired) electrons. The highest BCUT2D eigenvalue weighted by Crippen LogP contribution is 2.31. The molecule has 0 atom stereocenters. The highest BCUT2D eigenvalue weighted by atomic mass is 127. The summed E-state index contributed by atoms with van der Waals surface area (Å²) >= 11 is 2.08. The van der Waals surface area contributed by atoms with Crippen molar-refractivity contribution in [1.29, 1.82) is 0 Å². The number of rotatable bonds is 8. The summed E-state index contributed by atoms with van der Waals surface area (Å²) in [6, 6.07) is 6.80. The summed E-state index contributed by atoms with van der Waals surface area (Å²) < 4.78 is 21.5. The van der Waals surface area contributed by atoms with Crippen LogP contribution in [0.25, 0.3) is 0 Å². The standard InChI is InChI=1S/C17H19IN2O5/c1-22-6-7-25-16-5-4-11(10-19-16)20-17(21)12-8-14(23-2)15(24-3)9-13(12)18/h4-5,8-10H,6-7H2,1-3H3,(H,20,21). The largest absolute Gasteiger partial charge is 0.493 e. The normalized spacial score (nSPS) is 10.2. The Kier molecular flexibility index (Phi) is 7.26. The minimum Gasteiger partial charge on any atom is -0.493 e. The number of nitrogens with zero attached hydrogens (tertiary/aromatic N) is 1. The molecule has 0 aliphatic carbocycles. The van der Waals surface area contributed by atoms with Gasteiger partial charge in [0.25, 0.3) is 5.91 Å². The summed E-state index contributed by atoms with van der Waals surface area (Å²) in [6.07, 6.45) is 1.54. The van der Waals surface area contributed by atoms with Gasteiger partial charge in [0.1, 0.15) is 6.61 Å². The van der Waals surface area contributed by atoms with Gasteiger partial charge in [-0.05, 0) is 40.8 Å². The Balaban J connectivity index is 2.09. The predicted octanol–water partition coefficient (Wildman–Crippen LogP) is 2.98. The van der Waals surface area contributed by atoms with Crippen LogP contribution < -0.4 is 19.5 Å². The van der Waals surface area contributed by atoms with Crippen LogP contribution in [0.1, 0.15) is 10.4 Å². The van der Waals surface area contributed by atoms with Crippen LogP contribution in [0.2, 0.25) is 0 Å². The first-order valence-corrected chi connectivity index (χ1v) is 8.47. The number of carbonyl (C=O) groups is 1. The summed E-state index contributed by atoms with van der Waals surface area (Å²) in [5.41, 5.74) is 1.05. The van der Waals surface area contributed by atoms with Crippen molar-refractivity contribution in [1.82, 2.24) is 4.98 Å². The first kappa shape index (κ1) is 19.3. The smallest absolute Gasteiger partial charge is 0.256 e. The van der Waals surface area contributed by atoms with Crippen LogP contribution in [0.5, 0.6) is 17.4 Å². The van der Waals surface area contributed by atoms with Gasteiger partial charge in [-0.15, -0.1) is 0 Å². The summed E-state index contributed by atoms with van der Waals surface area (Å²) in [5.74, 6) is 1.27. The fraction of sp³-hybridized carbons (Fsp3) is 0.294.